The summed E-state index contributed by atoms with van der Waals surface area (Å²) in [5, 5.41) is 2.24. The van der Waals surface area contributed by atoms with Gasteiger partial charge in [0.1, 0.15) is 0 Å². The van der Waals surface area contributed by atoms with Gasteiger partial charge < -0.3 is 9.47 Å². The summed E-state index contributed by atoms with van der Waals surface area (Å²) in [6, 6.07) is 52.0. The van der Waals surface area contributed by atoms with Crippen molar-refractivity contribution in [3.8, 4) is 79.4 Å². The van der Waals surface area contributed by atoms with Gasteiger partial charge in [-0.1, -0.05) is 141 Å². The Hall–Kier alpha value is -6.59. The molecule has 0 saturated carbocycles. The normalized spacial score (nSPS) is 13.4. The lowest BCUT2D eigenvalue weighted by molar-refractivity contribution is 0.359. The first-order valence-electron chi connectivity index (χ1n) is 17.2. The molecule has 0 bridgehead atoms. The molecule has 0 saturated heterocycles. The van der Waals surface area contributed by atoms with Crippen molar-refractivity contribution < 1.29 is 9.47 Å². The summed E-state index contributed by atoms with van der Waals surface area (Å²) in [5.41, 5.74) is 9.81. The molecule has 242 valence electrons. The van der Waals surface area contributed by atoms with Crippen LogP contribution < -0.4 is 9.47 Å². The third-order valence-electron chi connectivity index (χ3n) is 10.2. The van der Waals surface area contributed by atoms with E-state index >= 15 is 0 Å². The van der Waals surface area contributed by atoms with E-state index < -0.39 is 0 Å². The molecular formula is C46H31N3O2. The first-order valence-corrected chi connectivity index (χ1v) is 17.2. The fourth-order valence-electron chi connectivity index (χ4n) is 7.53. The van der Waals surface area contributed by atoms with Crippen molar-refractivity contribution in [2.45, 2.75) is 19.3 Å². The van der Waals surface area contributed by atoms with Gasteiger partial charge in [-0.05, 0) is 68.4 Å². The highest BCUT2D eigenvalue weighted by atomic mass is 16.6. The summed E-state index contributed by atoms with van der Waals surface area (Å²) in [6.45, 7) is 4.54. The fourth-order valence-corrected chi connectivity index (χ4v) is 7.53. The van der Waals surface area contributed by atoms with E-state index in [1.54, 1.807) is 0 Å². The van der Waals surface area contributed by atoms with Gasteiger partial charge in [0.15, 0.2) is 40.5 Å². The number of ether oxygens (including phenoxy) is 2. The van der Waals surface area contributed by atoms with E-state index in [0.717, 1.165) is 50.1 Å². The van der Waals surface area contributed by atoms with Crippen LogP contribution in [-0.2, 0) is 5.41 Å². The molecule has 0 spiro atoms. The standard InChI is InChI=1S/C46H31N3O2/c1-46(2)37-18-9-8-16-34(37)36-26-41-42(27-38(36)46)50-39-24-23-32(25-40(39)51-41)28-19-21-31(22-20-28)44-47-43(30-12-4-3-5-13-30)48-45(49-44)35-17-10-14-29-11-6-7-15-33(29)35/h3-27H,1-2H3. The number of benzene rings is 7. The Kier molecular flexibility index (Phi) is 6.46. The summed E-state index contributed by atoms with van der Waals surface area (Å²) in [6.07, 6.45) is 0. The monoisotopic (exact) mass is 657 g/mol. The number of rotatable bonds is 4. The zero-order chi connectivity index (χ0) is 34.1. The molecule has 2 aliphatic rings. The molecule has 10 rings (SSSR count). The van der Waals surface area contributed by atoms with Crippen molar-refractivity contribution >= 4 is 10.8 Å². The van der Waals surface area contributed by atoms with Crippen LogP contribution in [0.3, 0.4) is 0 Å². The second-order valence-corrected chi connectivity index (χ2v) is 13.7. The quantitative estimate of drug-likeness (QED) is 0.188. The molecule has 0 amide bonds. The largest absolute Gasteiger partial charge is 0.450 e. The molecule has 1 aromatic heterocycles. The zero-order valence-corrected chi connectivity index (χ0v) is 28.1. The van der Waals surface area contributed by atoms with Crippen LogP contribution in [0.4, 0.5) is 0 Å². The van der Waals surface area contributed by atoms with Gasteiger partial charge in [0, 0.05) is 22.1 Å². The van der Waals surface area contributed by atoms with Crippen LogP contribution in [0.2, 0.25) is 0 Å². The summed E-state index contributed by atoms with van der Waals surface area (Å²) in [4.78, 5) is 14.9. The maximum absolute atomic E-state index is 6.53. The van der Waals surface area contributed by atoms with Crippen LogP contribution in [0.25, 0.3) is 67.2 Å². The predicted molar refractivity (Wildman–Crippen MR) is 203 cm³/mol. The van der Waals surface area contributed by atoms with Crippen molar-refractivity contribution in [2.24, 2.45) is 0 Å². The number of aromatic nitrogens is 3. The maximum atomic E-state index is 6.53. The Labute approximate surface area is 295 Å². The van der Waals surface area contributed by atoms with Gasteiger partial charge in [0.2, 0.25) is 0 Å². The van der Waals surface area contributed by atoms with Crippen LogP contribution in [-0.4, -0.2) is 15.0 Å². The molecule has 1 aliphatic carbocycles. The van der Waals surface area contributed by atoms with Crippen molar-refractivity contribution in [3.05, 3.63) is 163 Å². The lowest BCUT2D eigenvalue weighted by Gasteiger charge is -2.25. The molecule has 0 unspecified atom stereocenters. The van der Waals surface area contributed by atoms with E-state index in [1.807, 2.05) is 54.6 Å². The molecule has 51 heavy (non-hydrogen) atoms. The predicted octanol–water partition coefficient (Wildman–Crippen LogP) is 11.9. The van der Waals surface area contributed by atoms with Gasteiger partial charge in [-0.25, -0.2) is 15.0 Å². The highest BCUT2D eigenvalue weighted by molar-refractivity contribution is 5.95. The van der Waals surface area contributed by atoms with Gasteiger partial charge >= 0.3 is 0 Å². The van der Waals surface area contributed by atoms with Gasteiger partial charge in [0.05, 0.1) is 0 Å². The van der Waals surface area contributed by atoms with Gasteiger partial charge in [-0.15, -0.1) is 0 Å². The van der Waals surface area contributed by atoms with Crippen LogP contribution in [0, 0.1) is 0 Å². The molecule has 2 heterocycles. The summed E-state index contributed by atoms with van der Waals surface area (Å²) >= 11 is 0. The van der Waals surface area contributed by atoms with Gasteiger partial charge in [-0.3, -0.25) is 0 Å². The highest BCUT2D eigenvalue weighted by Crippen LogP contribution is 2.55. The van der Waals surface area contributed by atoms with Crippen LogP contribution in [0.15, 0.2) is 152 Å². The summed E-state index contributed by atoms with van der Waals surface area (Å²) in [7, 11) is 0. The number of hydrogen-bond donors (Lipinski definition) is 0. The number of nitrogens with zero attached hydrogens (tertiary/aromatic N) is 3. The summed E-state index contributed by atoms with van der Waals surface area (Å²) in [5.74, 6) is 4.77. The molecule has 8 aromatic rings. The van der Waals surface area contributed by atoms with Crippen molar-refractivity contribution in [1.29, 1.82) is 0 Å². The minimum atomic E-state index is -0.109. The van der Waals surface area contributed by atoms with Gasteiger partial charge in [-0.2, -0.15) is 0 Å². The first kappa shape index (κ1) is 29.3. The van der Waals surface area contributed by atoms with Gasteiger partial charge in [0.25, 0.3) is 0 Å². The lowest BCUT2D eigenvalue weighted by atomic mass is 9.82. The average molecular weight is 658 g/mol. The zero-order valence-electron chi connectivity index (χ0n) is 28.1. The summed E-state index contributed by atoms with van der Waals surface area (Å²) < 4.78 is 13.0. The third-order valence-corrected chi connectivity index (χ3v) is 10.2. The van der Waals surface area contributed by atoms with Crippen LogP contribution in [0.5, 0.6) is 23.0 Å². The minimum Gasteiger partial charge on any atom is -0.450 e. The van der Waals surface area contributed by atoms with E-state index in [1.165, 1.54) is 22.3 Å². The van der Waals surface area contributed by atoms with E-state index in [2.05, 4.69) is 111 Å². The Morgan fingerprint density at radius 1 is 0.392 bits per heavy atom. The molecule has 5 heteroatoms. The Morgan fingerprint density at radius 2 is 0.980 bits per heavy atom. The Morgan fingerprint density at radius 3 is 1.82 bits per heavy atom. The number of hydrogen-bond acceptors (Lipinski definition) is 5. The van der Waals surface area contributed by atoms with Crippen LogP contribution in [0.1, 0.15) is 25.0 Å². The van der Waals surface area contributed by atoms with E-state index in [4.69, 9.17) is 24.4 Å². The molecule has 7 aromatic carbocycles. The molecule has 0 fully saturated rings. The van der Waals surface area contributed by atoms with Crippen molar-refractivity contribution in [1.82, 2.24) is 15.0 Å². The maximum Gasteiger partial charge on any atom is 0.170 e. The highest BCUT2D eigenvalue weighted by Gasteiger charge is 2.37. The van der Waals surface area contributed by atoms with E-state index in [-0.39, 0.29) is 5.41 Å². The Balaban J connectivity index is 0.993. The lowest BCUT2D eigenvalue weighted by Crippen LogP contribution is -2.15. The molecule has 0 atom stereocenters. The topological polar surface area (TPSA) is 57.1 Å². The van der Waals surface area contributed by atoms with Crippen molar-refractivity contribution in [3.63, 3.8) is 0 Å². The first-order chi connectivity index (χ1) is 25.0. The second-order valence-electron chi connectivity index (χ2n) is 13.7. The fraction of sp³-hybridized carbons (Fsp3) is 0.0652. The SMILES string of the molecule is CC1(C)c2ccccc2-c2cc3c(cc21)Oc1ccc(-c2ccc(-c4nc(-c5ccccc5)nc(-c5cccc6ccccc56)n4)cc2)cc1O3. The smallest absolute Gasteiger partial charge is 0.170 e. The van der Waals surface area contributed by atoms with E-state index in [0.29, 0.717) is 29.0 Å². The van der Waals surface area contributed by atoms with E-state index in [9.17, 15) is 0 Å². The van der Waals surface area contributed by atoms with Crippen molar-refractivity contribution in [2.75, 3.05) is 0 Å². The molecule has 0 radical (unpaired) electrons. The molecular weight excluding hydrogens is 627 g/mol. The number of fused-ring (bicyclic) bond motifs is 6. The Bertz CT molecular complexity index is 2660. The van der Waals surface area contributed by atoms with Crippen LogP contribution >= 0.6 is 0 Å². The second kappa shape index (κ2) is 11.2. The average Bonchev–Trinajstić information content (AvgIpc) is 3.41. The molecule has 1 aliphatic heterocycles. The molecule has 0 N–H and O–H groups in total. The minimum absolute atomic E-state index is 0.109. The molecule has 5 nitrogen and oxygen atoms in total. The third kappa shape index (κ3) is 4.81.